The van der Waals surface area contributed by atoms with E-state index in [4.69, 9.17) is 0 Å². The van der Waals surface area contributed by atoms with E-state index in [1.54, 1.807) is 0 Å². The number of piperazine rings is 1. The van der Waals surface area contributed by atoms with Crippen molar-refractivity contribution in [3.63, 3.8) is 0 Å². The van der Waals surface area contributed by atoms with Crippen LogP contribution in [-0.2, 0) is 0 Å². The Balaban J connectivity index is 1.64. The van der Waals surface area contributed by atoms with Crippen molar-refractivity contribution in [3.05, 3.63) is 0 Å². The molecule has 0 aliphatic carbocycles. The minimum absolute atomic E-state index is 0.847. The van der Waals surface area contributed by atoms with Crippen LogP contribution in [0.5, 0.6) is 0 Å². The number of likely N-dealkylation sites (tertiary alicyclic amines) is 1. The number of hydrogen-bond donors (Lipinski definition) is 0. The maximum absolute atomic E-state index is 2.77. The lowest BCUT2D eigenvalue weighted by Crippen LogP contribution is -2.53. The highest BCUT2D eigenvalue weighted by atomic mass is 15.3. The molecule has 2 fully saturated rings. The number of hydrogen-bond acceptors (Lipinski definition) is 3. The molecule has 0 N–H and O–H groups in total. The molecule has 2 rings (SSSR count). The van der Waals surface area contributed by atoms with Gasteiger partial charge in [-0.05, 0) is 57.8 Å². The molecule has 0 saturated carbocycles. The quantitative estimate of drug-likeness (QED) is 0.741. The average Bonchev–Trinajstić information content (AvgIpc) is 2.47. The van der Waals surface area contributed by atoms with Gasteiger partial charge in [-0.15, -0.1) is 0 Å². The van der Waals surface area contributed by atoms with E-state index in [0.29, 0.717) is 0 Å². The predicted molar refractivity (Wildman–Crippen MR) is 87.2 cm³/mol. The summed E-state index contributed by atoms with van der Waals surface area (Å²) in [5.74, 6) is 0.847. The molecule has 118 valence electrons. The van der Waals surface area contributed by atoms with Crippen LogP contribution >= 0.6 is 0 Å². The normalized spacial score (nSPS) is 24.6. The summed E-state index contributed by atoms with van der Waals surface area (Å²) in [5, 5.41) is 0. The van der Waals surface area contributed by atoms with Gasteiger partial charge in [0.1, 0.15) is 0 Å². The molecule has 0 spiro atoms. The van der Waals surface area contributed by atoms with Gasteiger partial charge in [0.15, 0.2) is 0 Å². The summed E-state index contributed by atoms with van der Waals surface area (Å²) < 4.78 is 0. The molecule has 0 bridgehead atoms. The fourth-order valence-electron chi connectivity index (χ4n) is 3.62. The van der Waals surface area contributed by atoms with Gasteiger partial charge in [0.05, 0.1) is 0 Å². The average molecular weight is 281 g/mol. The van der Waals surface area contributed by atoms with Crippen molar-refractivity contribution >= 4 is 0 Å². The topological polar surface area (TPSA) is 9.72 Å². The molecule has 0 amide bonds. The van der Waals surface area contributed by atoms with Gasteiger partial charge in [-0.25, -0.2) is 0 Å². The van der Waals surface area contributed by atoms with Gasteiger partial charge in [-0.3, -0.25) is 4.90 Å². The molecule has 0 aromatic heterocycles. The first kappa shape index (κ1) is 16.3. The van der Waals surface area contributed by atoms with Crippen molar-refractivity contribution in [2.45, 2.75) is 52.5 Å². The molecule has 2 heterocycles. The first-order valence-corrected chi connectivity index (χ1v) is 8.87. The molecular weight excluding hydrogens is 246 g/mol. The van der Waals surface area contributed by atoms with Gasteiger partial charge >= 0.3 is 0 Å². The van der Waals surface area contributed by atoms with Crippen molar-refractivity contribution in [2.75, 3.05) is 52.4 Å². The first-order chi connectivity index (χ1) is 9.69. The van der Waals surface area contributed by atoms with Crippen LogP contribution in [0.25, 0.3) is 0 Å². The largest absolute Gasteiger partial charge is 0.303 e. The molecule has 0 aromatic rings. The van der Waals surface area contributed by atoms with E-state index in [0.717, 1.165) is 12.0 Å². The number of nitrogens with zero attached hydrogens (tertiary/aromatic N) is 3. The van der Waals surface area contributed by atoms with Crippen molar-refractivity contribution in [3.8, 4) is 0 Å². The van der Waals surface area contributed by atoms with Crippen molar-refractivity contribution < 1.29 is 0 Å². The number of piperidine rings is 1. The van der Waals surface area contributed by atoms with E-state index in [9.17, 15) is 0 Å². The SMILES string of the molecule is CCCN1CCN(C2CCN(CCC(C)C)CC2)CC1. The molecule has 2 aliphatic rings. The summed E-state index contributed by atoms with van der Waals surface area (Å²) in [4.78, 5) is 8.09. The second kappa shape index (κ2) is 8.35. The Morgan fingerprint density at radius 1 is 0.850 bits per heavy atom. The molecule has 0 aromatic carbocycles. The van der Waals surface area contributed by atoms with Crippen molar-refractivity contribution in [2.24, 2.45) is 5.92 Å². The molecule has 2 aliphatic heterocycles. The highest BCUT2D eigenvalue weighted by Gasteiger charge is 2.26. The van der Waals surface area contributed by atoms with Crippen LogP contribution in [0.3, 0.4) is 0 Å². The monoisotopic (exact) mass is 281 g/mol. The van der Waals surface area contributed by atoms with Gasteiger partial charge < -0.3 is 9.80 Å². The van der Waals surface area contributed by atoms with E-state index in [1.165, 1.54) is 78.0 Å². The van der Waals surface area contributed by atoms with Gasteiger partial charge in [-0.2, -0.15) is 0 Å². The Morgan fingerprint density at radius 2 is 1.45 bits per heavy atom. The maximum Gasteiger partial charge on any atom is 0.0121 e. The molecule has 2 saturated heterocycles. The Morgan fingerprint density at radius 3 is 2.00 bits per heavy atom. The standard InChI is InChI=1S/C17H35N3/c1-4-8-18-12-14-20(15-13-18)17-6-10-19(11-7-17)9-5-16(2)3/h16-17H,4-15H2,1-3H3. The Kier molecular flexibility index (Phi) is 6.79. The Labute approximate surface area is 126 Å². The fraction of sp³-hybridized carbons (Fsp3) is 1.00. The van der Waals surface area contributed by atoms with Crippen LogP contribution < -0.4 is 0 Å². The van der Waals surface area contributed by atoms with Crippen molar-refractivity contribution in [1.29, 1.82) is 0 Å². The highest BCUT2D eigenvalue weighted by molar-refractivity contribution is 4.83. The van der Waals surface area contributed by atoms with Crippen LogP contribution in [0, 0.1) is 5.92 Å². The Hall–Kier alpha value is -0.120. The van der Waals surface area contributed by atoms with Crippen LogP contribution in [0.2, 0.25) is 0 Å². The van der Waals surface area contributed by atoms with Gasteiger partial charge in [0, 0.05) is 32.2 Å². The van der Waals surface area contributed by atoms with Crippen molar-refractivity contribution in [1.82, 2.24) is 14.7 Å². The molecule has 0 unspecified atom stereocenters. The molecule has 3 heteroatoms. The van der Waals surface area contributed by atoms with E-state index >= 15 is 0 Å². The summed E-state index contributed by atoms with van der Waals surface area (Å²) in [6.45, 7) is 17.4. The summed E-state index contributed by atoms with van der Waals surface area (Å²) in [6, 6.07) is 0.870. The zero-order chi connectivity index (χ0) is 14.4. The highest BCUT2D eigenvalue weighted by Crippen LogP contribution is 2.19. The lowest BCUT2D eigenvalue weighted by atomic mass is 10.0. The zero-order valence-corrected chi connectivity index (χ0v) is 14.0. The third-order valence-electron chi connectivity index (χ3n) is 5.04. The maximum atomic E-state index is 2.77. The summed E-state index contributed by atoms with van der Waals surface area (Å²) in [5.41, 5.74) is 0. The van der Waals surface area contributed by atoms with Gasteiger partial charge in [-0.1, -0.05) is 20.8 Å². The second-order valence-electron chi connectivity index (χ2n) is 7.13. The summed E-state index contributed by atoms with van der Waals surface area (Å²) in [6.07, 6.45) is 5.45. The first-order valence-electron chi connectivity index (χ1n) is 8.87. The Bertz CT molecular complexity index is 251. The summed E-state index contributed by atoms with van der Waals surface area (Å²) >= 11 is 0. The zero-order valence-electron chi connectivity index (χ0n) is 14.0. The van der Waals surface area contributed by atoms with E-state index in [1.807, 2.05) is 0 Å². The summed E-state index contributed by atoms with van der Waals surface area (Å²) in [7, 11) is 0. The second-order valence-corrected chi connectivity index (χ2v) is 7.13. The van der Waals surface area contributed by atoms with E-state index in [2.05, 4.69) is 35.5 Å². The van der Waals surface area contributed by atoms with Gasteiger partial charge in [0.2, 0.25) is 0 Å². The van der Waals surface area contributed by atoms with Crippen LogP contribution in [-0.4, -0.2) is 73.1 Å². The molecule has 0 atom stereocenters. The van der Waals surface area contributed by atoms with Crippen LogP contribution in [0.15, 0.2) is 0 Å². The minimum Gasteiger partial charge on any atom is -0.303 e. The lowest BCUT2D eigenvalue weighted by molar-refractivity contribution is 0.0584. The van der Waals surface area contributed by atoms with Gasteiger partial charge in [0.25, 0.3) is 0 Å². The fourth-order valence-corrected chi connectivity index (χ4v) is 3.62. The van der Waals surface area contributed by atoms with Crippen LogP contribution in [0.1, 0.15) is 46.5 Å². The van der Waals surface area contributed by atoms with E-state index < -0.39 is 0 Å². The smallest absolute Gasteiger partial charge is 0.0121 e. The molecular formula is C17H35N3. The lowest BCUT2D eigenvalue weighted by Gasteiger charge is -2.43. The minimum atomic E-state index is 0.847. The third kappa shape index (κ3) is 5.01. The molecule has 20 heavy (non-hydrogen) atoms. The third-order valence-corrected chi connectivity index (χ3v) is 5.04. The van der Waals surface area contributed by atoms with E-state index in [-0.39, 0.29) is 0 Å². The molecule has 3 nitrogen and oxygen atoms in total. The predicted octanol–water partition coefficient (Wildman–Crippen LogP) is 2.52. The van der Waals surface area contributed by atoms with Crippen LogP contribution in [0.4, 0.5) is 0 Å². The number of rotatable bonds is 6. The molecule has 0 radical (unpaired) electrons.